The molecule has 0 aromatic heterocycles. The Balaban J connectivity index is 0.00000223. The number of carbonyl (C=O) groups excluding carboxylic acids is 3. The molecule has 0 saturated carbocycles. The molecule has 0 aromatic carbocycles. The van der Waals surface area contributed by atoms with Crippen LogP contribution in [0.25, 0.3) is 0 Å². The van der Waals surface area contributed by atoms with Gasteiger partial charge in [0.05, 0.1) is 51.8 Å². The summed E-state index contributed by atoms with van der Waals surface area (Å²) >= 11 is 0. The molecule has 4 N–H and O–H groups in total. The molecule has 0 aliphatic carbocycles. The zero-order valence-corrected chi connectivity index (χ0v) is 25.3. The second kappa shape index (κ2) is 23.1. The minimum atomic E-state index is -5.08. The highest BCUT2D eigenvalue weighted by atomic mass is 19.4. The lowest BCUT2D eigenvalue weighted by Gasteiger charge is -2.44. The summed E-state index contributed by atoms with van der Waals surface area (Å²) < 4.78 is 65.3. The molecule has 1 aliphatic heterocycles. The Bertz CT molecular complexity index is 816. The fraction of sp³-hybridized carbons (Fsp3) is 0.852. The smallest absolute Gasteiger partial charge is 0.475 e. The molecule has 43 heavy (non-hydrogen) atoms. The second-order valence-electron chi connectivity index (χ2n) is 9.84. The van der Waals surface area contributed by atoms with E-state index in [1.54, 1.807) is 0 Å². The van der Waals surface area contributed by atoms with E-state index < -0.39 is 18.4 Å². The molecule has 13 nitrogen and oxygen atoms in total. The number of esters is 1. The summed E-state index contributed by atoms with van der Waals surface area (Å²) in [7, 11) is 0. The van der Waals surface area contributed by atoms with Gasteiger partial charge < -0.3 is 44.6 Å². The molecule has 16 heteroatoms. The van der Waals surface area contributed by atoms with Gasteiger partial charge in [0.15, 0.2) is 6.29 Å². The van der Waals surface area contributed by atoms with E-state index in [1.807, 2.05) is 13.8 Å². The van der Waals surface area contributed by atoms with Crippen molar-refractivity contribution in [2.45, 2.75) is 78.0 Å². The van der Waals surface area contributed by atoms with E-state index in [-0.39, 0.29) is 54.9 Å². The third kappa shape index (κ3) is 20.3. The van der Waals surface area contributed by atoms with Crippen molar-refractivity contribution in [3.63, 3.8) is 0 Å². The molecule has 0 bridgehead atoms. The Labute approximate surface area is 250 Å². The van der Waals surface area contributed by atoms with Crippen molar-refractivity contribution in [3.8, 4) is 0 Å². The molecule has 1 aliphatic rings. The van der Waals surface area contributed by atoms with Crippen LogP contribution in [0.15, 0.2) is 0 Å². The molecule has 0 spiro atoms. The van der Waals surface area contributed by atoms with Crippen LogP contribution in [0.2, 0.25) is 0 Å². The lowest BCUT2D eigenvalue weighted by Crippen LogP contribution is -2.58. The Morgan fingerprint density at radius 1 is 0.860 bits per heavy atom. The molecule has 1 saturated heterocycles. The van der Waals surface area contributed by atoms with Crippen LogP contribution in [-0.4, -0.2) is 113 Å². The number of hydrogen-bond acceptors (Lipinski definition) is 11. The number of hydrogen-bond donors (Lipinski definition) is 3. The molecule has 5 unspecified atom stereocenters. The quantitative estimate of drug-likeness (QED) is 0.131. The standard InChI is InChI=1S/C25H46N2O9.C2HF3O2/c1-18-19(2)24(27-20(3)28)25(36-23(18)17-35-21(4)29)34-16-15-33-14-13-32-12-11-31-10-6-8-22(30)7-5-9-26;3-2(4,5)1(6)7/h18-19,23-25H,5-17,26H2,1-4H3,(H,27,28);(H,6,7). The van der Waals surface area contributed by atoms with Crippen molar-refractivity contribution in [1.82, 2.24) is 5.32 Å². The van der Waals surface area contributed by atoms with E-state index in [2.05, 4.69) is 5.32 Å². The van der Waals surface area contributed by atoms with E-state index in [0.29, 0.717) is 65.4 Å². The fourth-order valence-electron chi connectivity index (χ4n) is 3.82. The first kappa shape index (κ1) is 40.6. The van der Waals surface area contributed by atoms with Crippen LogP contribution in [0.3, 0.4) is 0 Å². The van der Waals surface area contributed by atoms with E-state index in [9.17, 15) is 27.6 Å². The third-order valence-corrected chi connectivity index (χ3v) is 6.31. The number of halogens is 3. The minimum absolute atomic E-state index is 0.0568. The summed E-state index contributed by atoms with van der Waals surface area (Å²) in [5, 5.41) is 10.0. The number of carbonyl (C=O) groups is 4. The Hall–Kier alpha value is -2.37. The van der Waals surface area contributed by atoms with Gasteiger partial charge in [-0.25, -0.2) is 4.79 Å². The van der Waals surface area contributed by atoms with Crippen molar-refractivity contribution < 1.29 is 65.9 Å². The van der Waals surface area contributed by atoms with Crippen LogP contribution in [0.1, 0.15) is 53.4 Å². The number of ether oxygens (including phenoxy) is 6. The number of Topliss-reactive ketones (excluding diaryl/α,β-unsaturated/α-hetero) is 1. The van der Waals surface area contributed by atoms with Gasteiger partial charge in [0, 0.05) is 33.3 Å². The number of rotatable bonds is 20. The van der Waals surface area contributed by atoms with Crippen molar-refractivity contribution in [2.75, 3.05) is 59.4 Å². The number of carboxylic acid groups (broad SMARTS) is 1. The van der Waals surface area contributed by atoms with Crippen LogP contribution < -0.4 is 11.1 Å². The fourth-order valence-corrected chi connectivity index (χ4v) is 3.82. The highest BCUT2D eigenvalue weighted by Gasteiger charge is 2.43. The maximum absolute atomic E-state index is 11.7. The van der Waals surface area contributed by atoms with Gasteiger partial charge in [-0.3, -0.25) is 14.4 Å². The highest BCUT2D eigenvalue weighted by molar-refractivity contribution is 5.78. The van der Waals surface area contributed by atoms with Crippen molar-refractivity contribution >= 4 is 23.6 Å². The van der Waals surface area contributed by atoms with Crippen molar-refractivity contribution in [1.29, 1.82) is 0 Å². The largest absolute Gasteiger partial charge is 0.490 e. The molecule has 1 amide bonds. The Kier molecular flexibility index (Phi) is 21.8. The van der Waals surface area contributed by atoms with E-state index >= 15 is 0 Å². The van der Waals surface area contributed by atoms with Gasteiger partial charge in [0.1, 0.15) is 12.4 Å². The number of nitrogens with two attached hydrogens (primary N) is 1. The number of carboxylic acids is 1. The van der Waals surface area contributed by atoms with Crippen LogP contribution >= 0.6 is 0 Å². The summed E-state index contributed by atoms with van der Waals surface area (Å²) in [4.78, 5) is 43.3. The first-order valence-electron chi connectivity index (χ1n) is 14.1. The van der Waals surface area contributed by atoms with E-state index in [1.165, 1.54) is 13.8 Å². The Morgan fingerprint density at radius 2 is 1.37 bits per heavy atom. The van der Waals surface area contributed by atoms with Gasteiger partial charge in [-0.15, -0.1) is 0 Å². The molecule has 5 atom stereocenters. The first-order valence-corrected chi connectivity index (χ1v) is 14.1. The van der Waals surface area contributed by atoms with Gasteiger partial charge in [0.2, 0.25) is 5.91 Å². The average molecular weight is 633 g/mol. The topological polar surface area (TPSA) is 182 Å². The monoisotopic (exact) mass is 632 g/mol. The third-order valence-electron chi connectivity index (χ3n) is 6.31. The SMILES string of the molecule is CC(=O)NC1C(OCCOCCOCCOCCCC(=O)CCCN)OC(COC(C)=O)C(C)C1C.O=C(O)C(F)(F)F. The molecule has 252 valence electrons. The minimum Gasteiger partial charge on any atom is -0.475 e. The molecular weight excluding hydrogens is 585 g/mol. The average Bonchev–Trinajstić information content (AvgIpc) is 2.92. The summed E-state index contributed by atoms with van der Waals surface area (Å²) in [6.45, 7) is 10.4. The summed E-state index contributed by atoms with van der Waals surface area (Å²) in [5.41, 5.74) is 5.39. The number of ketones is 1. The molecular formula is C27H47F3N2O11. The van der Waals surface area contributed by atoms with E-state index in [0.717, 1.165) is 6.42 Å². The number of nitrogens with one attached hydrogen (secondary N) is 1. The zero-order valence-electron chi connectivity index (χ0n) is 25.3. The van der Waals surface area contributed by atoms with Crippen LogP contribution in [0.4, 0.5) is 13.2 Å². The second-order valence-corrected chi connectivity index (χ2v) is 9.84. The van der Waals surface area contributed by atoms with Crippen LogP contribution in [0, 0.1) is 11.8 Å². The predicted octanol–water partition coefficient (Wildman–Crippen LogP) is 1.84. The van der Waals surface area contributed by atoms with Crippen LogP contribution in [0.5, 0.6) is 0 Å². The summed E-state index contributed by atoms with van der Waals surface area (Å²) in [5.74, 6) is -2.94. The van der Waals surface area contributed by atoms with Crippen molar-refractivity contribution in [3.05, 3.63) is 0 Å². The van der Waals surface area contributed by atoms with Gasteiger partial charge in [-0.2, -0.15) is 13.2 Å². The predicted molar refractivity (Wildman–Crippen MR) is 146 cm³/mol. The molecule has 0 aromatic rings. The molecule has 1 heterocycles. The van der Waals surface area contributed by atoms with Gasteiger partial charge in [-0.1, -0.05) is 13.8 Å². The maximum atomic E-state index is 11.7. The molecule has 1 rings (SSSR count). The number of alkyl halides is 3. The number of aliphatic carboxylic acids is 1. The Morgan fingerprint density at radius 3 is 1.86 bits per heavy atom. The van der Waals surface area contributed by atoms with Gasteiger partial charge in [-0.05, 0) is 31.2 Å². The summed E-state index contributed by atoms with van der Waals surface area (Å²) in [6, 6.07) is -0.321. The zero-order chi connectivity index (χ0) is 32.8. The molecule has 0 radical (unpaired) electrons. The normalized spacial score (nSPS) is 21.8. The van der Waals surface area contributed by atoms with Crippen molar-refractivity contribution in [2.24, 2.45) is 17.6 Å². The van der Waals surface area contributed by atoms with E-state index in [4.69, 9.17) is 44.1 Å². The van der Waals surface area contributed by atoms with Crippen LogP contribution in [-0.2, 0) is 47.6 Å². The maximum Gasteiger partial charge on any atom is 0.490 e. The lowest BCUT2D eigenvalue weighted by atomic mass is 9.82. The van der Waals surface area contributed by atoms with Gasteiger partial charge in [0.25, 0.3) is 0 Å². The summed E-state index contributed by atoms with van der Waals surface area (Å²) in [6.07, 6.45) is -3.56. The first-order chi connectivity index (χ1) is 20.2. The molecule has 1 fully saturated rings. The lowest BCUT2D eigenvalue weighted by molar-refractivity contribution is -0.247. The number of amides is 1. The highest BCUT2D eigenvalue weighted by Crippen LogP contribution is 2.31. The van der Waals surface area contributed by atoms with Gasteiger partial charge >= 0.3 is 18.1 Å².